The Balaban J connectivity index is 1.76. The van der Waals surface area contributed by atoms with Crippen LogP contribution in [0.4, 0.5) is 10.8 Å². The summed E-state index contributed by atoms with van der Waals surface area (Å²) in [5.74, 6) is -0.227. The number of nitrogens with zero attached hydrogens (tertiary/aromatic N) is 3. The number of carbonyl (C=O) groups is 1. The molecule has 0 spiro atoms. The van der Waals surface area contributed by atoms with Crippen LogP contribution in [0.25, 0.3) is 10.2 Å². The molecule has 6 nitrogen and oxygen atoms in total. The van der Waals surface area contributed by atoms with E-state index in [2.05, 4.69) is 10.3 Å². The lowest BCUT2D eigenvalue weighted by Gasteiger charge is -2.04. The van der Waals surface area contributed by atoms with Gasteiger partial charge in [0.15, 0.2) is 5.13 Å². The molecule has 2 heterocycles. The first kappa shape index (κ1) is 13.1. The molecule has 2 aromatic heterocycles. The van der Waals surface area contributed by atoms with E-state index in [0.717, 1.165) is 10.2 Å². The van der Waals surface area contributed by atoms with E-state index in [4.69, 9.17) is 11.0 Å². The number of fused-ring (bicyclic) bond motifs is 1. The minimum absolute atomic E-state index is 0.0773. The van der Waals surface area contributed by atoms with Crippen molar-refractivity contribution in [3.8, 4) is 6.07 Å². The molecule has 104 valence electrons. The molecular formula is C14H11N5OS. The lowest BCUT2D eigenvalue weighted by molar-refractivity contribution is -0.116. The molecule has 0 bridgehead atoms. The van der Waals surface area contributed by atoms with Gasteiger partial charge in [-0.2, -0.15) is 5.26 Å². The van der Waals surface area contributed by atoms with Crippen molar-refractivity contribution in [3.05, 3.63) is 42.2 Å². The van der Waals surface area contributed by atoms with Gasteiger partial charge in [0.1, 0.15) is 18.3 Å². The fraction of sp³-hybridized carbons (Fsp3) is 0.0714. The van der Waals surface area contributed by atoms with Gasteiger partial charge < -0.3 is 15.6 Å². The largest absolute Gasteiger partial charge is 0.399 e. The van der Waals surface area contributed by atoms with E-state index in [-0.39, 0.29) is 12.5 Å². The molecule has 0 aliphatic carbocycles. The molecule has 1 aromatic carbocycles. The number of anilines is 2. The van der Waals surface area contributed by atoms with Crippen LogP contribution in [-0.4, -0.2) is 15.5 Å². The number of rotatable bonds is 3. The van der Waals surface area contributed by atoms with E-state index in [1.807, 2.05) is 18.2 Å². The van der Waals surface area contributed by atoms with Gasteiger partial charge in [-0.05, 0) is 30.3 Å². The third-order valence-corrected chi connectivity index (χ3v) is 3.85. The zero-order valence-corrected chi connectivity index (χ0v) is 11.7. The maximum absolute atomic E-state index is 12.0. The molecule has 3 aromatic rings. The zero-order valence-electron chi connectivity index (χ0n) is 10.9. The van der Waals surface area contributed by atoms with Crippen molar-refractivity contribution in [2.45, 2.75) is 6.54 Å². The van der Waals surface area contributed by atoms with Crippen LogP contribution < -0.4 is 11.1 Å². The number of nitrogens with one attached hydrogen (secondary N) is 1. The minimum Gasteiger partial charge on any atom is -0.399 e. The van der Waals surface area contributed by atoms with Crippen molar-refractivity contribution in [1.29, 1.82) is 5.26 Å². The quantitative estimate of drug-likeness (QED) is 0.724. The fourth-order valence-electron chi connectivity index (χ4n) is 1.96. The van der Waals surface area contributed by atoms with Crippen molar-refractivity contribution < 1.29 is 4.79 Å². The molecule has 1 amide bonds. The van der Waals surface area contributed by atoms with Crippen molar-refractivity contribution in [2.24, 2.45) is 0 Å². The molecule has 0 saturated carbocycles. The molecule has 3 rings (SSSR count). The van der Waals surface area contributed by atoms with Gasteiger partial charge in [-0.1, -0.05) is 11.3 Å². The van der Waals surface area contributed by atoms with Crippen molar-refractivity contribution in [2.75, 3.05) is 11.1 Å². The summed E-state index contributed by atoms with van der Waals surface area (Å²) in [6.07, 6.45) is 1.69. The zero-order chi connectivity index (χ0) is 14.8. The first-order chi connectivity index (χ1) is 10.2. The van der Waals surface area contributed by atoms with E-state index in [0.29, 0.717) is 16.5 Å². The van der Waals surface area contributed by atoms with Crippen LogP contribution in [0.1, 0.15) is 5.69 Å². The van der Waals surface area contributed by atoms with Gasteiger partial charge in [0.05, 0.1) is 10.2 Å². The second-order valence-electron chi connectivity index (χ2n) is 4.43. The number of hydrogen-bond acceptors (Lipinski definition) is 5. The Hall–Kier alpha value is -2.85. The number of carbonyl (C=O) groups excluding carboxylic acids is 1. The van der Waals surface area contributed by atoms with E-state index in [9.17, 15) is 4.79 Å². The summed E-state index contributed by atoms with van der Waals surface area (Å²) in [5, 5.41) is 12.2. The Kier molecular flexibility index (Phi) is 3.30. The summed E-state index contributed by atoms with van der Waals surface area (Å²) in [5.41, 5.74) is 7.62. The first-order valence-corrected chi connectivity index (χ1v) is 6.98. The van der Waals surface area contributed by atoms with E-state index in [1.54, 1.807) is 29.0 Å². The molecule has 7 heteroatoms. The Morgan fingerprint density at radius 1 is 1.48 bits per heavy atom. The van der Waals surface area contributed by atoms with Crippen molar-refractivity contribution in [1.82, 2.24) is 9.55 Å². The van der Waals surface area contributed by atoms with Crippen LogP contribution in [0.2, 0.25) is 0 Å². The lowest BCUT2D eigenvalue weighted by atomic mass is 10.3. The van der Waals surface area contributed by atoms with Crippen molar-refractivity contribution >= 4 is 38.3 Å². The molecule has 0 aliphatic heterocycles. The molecule has 0 radical (unpaired) electrons. The van der Waals surface area contributed by atoms with Crippen LogP contribution in [0, 0.1) is 11.3 Å². The van der Waals surface area contributed by atoms with Crippen LogP contribution in [0.5, 0.6) is 0 Å². The molecule has 21 heavy (non-hydrogen) atoms. The summed E-state index contributed by atoms with van der Waals surface area (Å²) >= 11 is 1.37. The first-order valence-electron chi connectivity index (χ1n) is 6.17. The molecule has 0 fully saturated rings. The number of hydrogen-bond donors (Lipinski definition) is 2. The van der Waals surface area contributed by atoms with Gasteiger partial charge in [0.2, 0.25) is 5.91 Å². The predicted molar refractivity (Wildman–Crippen MR) is 81.8 cm³/mol. The smallest absolute Gasteiger partial charge is 0.246 e. The highest BCUT2D eigenvalue weighted by atomic mass is 32.1. The molecule has 0 saturated heterocycles. The normalized spacial score (nSPS) is 10.4. The number of benzene rings is 1. The second kappa shape index (κ2) is 5.26. The number of nitrogens with two attached hydrogens (primary N) is 1. The predicted octanol–water partition coefficient (Wildman–Crippen LogP) is 2.19. The molecule has 0 atom stereocenters. The van der Waals surface area contributed by atoms with E-state index < -0.39 is 0 Å². The van der Waals surface area contributed by atoms with E-state index >= 15 is 0 Å². The second-order valence-corrected chi connectivity index (χ2v) is 5.46. The summed E-state index contributed by atoms with van der Waals surface area (Å²) < 4.78 is 2.50. The van der Waals surface area contributed by atoms with Gasteiger partial charge in [-0.3, -0.25) is 4.79 Å². The summed E-state index contributed by atoms with van der Waals surface area (Å²) in [6, 6.07) is 10.8. The Bertz CT molecular complexity index is 858. The average Bonchev–Trinajstić information content (AvgIpc) is 3.03. The SMILES string of the molecule is N#Cc1cccn1CC(=O)Nc1nc2ccc(N)cc2s1. The third-order valence-electron chi connectivity index (χ3n) is 2.92. The van der Waals surface area contributed by atoms with Gasteiger partial charge in [-0.15, -0.1) is 0 Å². The number of nitrogen functional groups attached to an aromatic ring is 1. The van der Waals surface area contributed by atoms with Gasteiger partial charge in [-0.25, -0.2) is 4.98 Å². The van der Waals surface area contributed by atoms with Gasteiger partial charge in [0, 0.05) is 11.9 Å². The molecule has 0 unspecified atom stereocenters. The summed E-state index contributed by atoms with van der Waals surface area (Å²) in [6.45, 7) is 0.0773. The number of aromatic nitrogens is 2. The fourth-order valence-corrected chi connectivity index (χ4v) is 2.89. The summed E-state index contributed by atoms with van der Waals surface area (Å²) in [7, 11) is 0. The third kappa shape index (κ3) is 2.70. The number of thiazole rings is 1. The average molecular weight is 297 g/mol. The molecular weight excluding hydrogens is 286 g/mol. The maximum atomic E-state index is 12.0. The highest BCUT2D eigenvalue weighted by Crippen LogP contribution is 2.27. The van der Waals surface area contributed by atoms with Crippen LogP contribution in [-0.2, 0) is 11.3 Å². The number of nitriles is 1. The van der Waals surface area contributed by atoms with Crippen LogP contribution >= 0.6 is 11.3 Å². The Labute approximate surface area is 124 Å². The van der Waals surface area contributed by atoms with Gasteiger partial charge in [0.25, 0.3) is 0 Å². The monoisotopic (exact) mass is 297 g/mol. The van der Waals surface area contributed by atoms with Crippen LogP contribution in [0.15, 0.2) is 36.5 Å². The maximum Gasteiger partial charge on any atom is 0.246 e. The Morgan fingerprint density at radius 2 is 2.33 bits per heavy atom. The minimum atomic E-state index is -0.227. The molecule has 0 aliphatic rings. The van der Waals surface area contributed by atoms with E-state index in [1.165, 1.54) is 11.3 Å². The lowest BCUT2D eigenvalue weighted by Crippen LogP contribution is -2.18. The number of amides is 1. The van der Waals surface area contributed by atoms with Gasteiger partial charge >= 0.3 is 0 Å². The standard InChI is InChI=1S/C14H11N5OS/c15-7-10-2-1-5-19(10)8-13(20)18-14-17-11-4-3-9(16)6-12(11)21-14/h1-6H,8,16H2,(H,17,18,20). The van der Waals surface area contributed by atoms with Crippen LogP contribution in [0.3, 0.4) is 0 Å². The highest BCUT2D eigenvalue weighted by Gasteiger charge is 2.10. The highest BCUT2D eigenvalue weighted by molar-refractivity contribution is 7.22. The molecule has 3 N–H and O–H groups in total. The van der Waals surface area contributed by atoms with Crippen molar-refractivity contribution in [3.63, 3.8) is 0 Å². The Morgan fingerprint density at radius 3 is 3.14 bits per heavy atom. The summed E-state index contributed by atoms with van der Waals surface area (Å²) in [4.78, 5) is 16.3. The topological polar surface area (TPSA) is 96.7 Å².